The van der Waals surface area contributed by atoms with Crippen LogP contribution in [0, 0.1) is 11.8 Å². The SMILES string of the molecule is O=C(CN1C(=O)CNC1=O)N1C[C@H](CO)C[C@H](CN2CCOCC2)C1. The molecule has 0 aromatic carbocycles. The second kappa shape index (κ2) is 8.11. The molecule has 3 saturated heterocycles. The van der Waals surface area contributed by atoms with Gasteiger partial charge in [-0.3, -0.25) is 19.4 Å². The van der Waals surface area contributed by atoms with Crippen LogP contribution in [-0.2, 0) is 14.3 Å². The molecule has 0 aromatic heterocycles. The lowest BCUT2D eigenvalue weighted by Gasteiger charge is -2.40. The number of likely N-dealkylation sites (tertiary alicyclic amines) is 1. The molecule has 3 aliphatic rings. The van der Waals surface area contributed by atoms with E-state index >= 15 is 0 Å². The number of urea groups is 1. The average molecular weight is 354 g/mol. The van der Waals surface area contributed by atoms with Crippen molar-refractivity contribution >= 4 is 17.8 Å². The second-order valence-electron chi connectivity index (χ2n) is 7.00. The molecule has 0 radical (unpaired) electrons. The van der Waals surface area contributed by atoms with Crippen LogP contribution in [0.2, 0.25) is 0 Å². The Labute approximate surface area is 146 Å². The summed E-state index contributed by atoms with van der Waals surface area (Å²) in [5.41, 5.74) is 0. The standard InChI is InChI=1S/C16H26N4O5/c21-11-13-5-12(7-18-1-3-25-4-2-18)8-19(9-13)15(23)10-20-14(22)6-17-16(20)24/h12-13,21H,1-11H2,(H,17,24)/t12-,13-/m1/s1. The summed E-state index contributed by atoms with van der Waals surface area (Å²) < 4.78 is 5.36. The number of amides is 4. The highest BCUT2D eigenvalue weighted by Crippen LogP contribution is 2.23. The third kappa shape index (κ3) is 4.47. The number of piperidine rings is 1. The van der Waals surface area contributed by atoms with Gasteiger partial charge in [0.15, 0.2) is 0 Å². The van der Waals surface area contributed by atoms with E-state index in [1.165, 1.54) is 0 Å². The van der Waals surface area contributed by atoms with Crippen molar-refractivity contribution in [3.05, 3.63) is 0 Å². The zero-order chi connectivity index (χ0) is 17.8. The molecular formula is C16H26N4O5. The quantitative estimate of drug-likeness (QED) is 0.572. The molecule has 2 N–H and O–H groups in total. The Bertz CT molecular complexity index is 507. The van der Waals surface area contributed by atoms with Gasteiger partial charge in [-0.15, -0.1) is 0 Å². The number of hydrogen-bond donors (Lipinski definition) is 2. The van der Waals surface area contributed by atoms with Crippen LogP contribution in [0.3, 0.4) is 0 Å². The maximum Gasteiger partial charge on any atom is 0.325 e. The largest absolute Gasteiger partial charge is 0.396 e. The van der Waals surface area contributed by atoms with Crippen molar-refractivity contribution in [2.45, 2.75) is 6.42 Å². The first-order valence-corrected chi connectivity index (χ1v) is 8.83. The van der Waals surface area contributed by atoms with Gasteiger partial charge in [-0.05, 0) is 18.3 Å². The summed E-state index contributed by atoms with van der Waals surface area (Å²) in [6.07, 6.45) is 0.876. The average Bonchev–Trinajstić information content (AvgIpc) is 2.94. The van der Waals surface area contributed by atoms with Crippen LogP contribution < -0.4 is 5.32 Å². The molecule has 3 fully saturated rings. The molecule has 3 heterocycles. The van der Waals surface area contributed by atoms with Gasteiger partial charge < -0.3 is 20.1 Å². The molecule has 4 amide bonds. The molecule has 3 aliphatic heterocycles. The van der Waals surface area contributed by atoms with Gasteiger partial charge in [0.05, 0.1) is 19.8 Å². The van der Waals surface area contributed by atoms with Crippen molar-refractivity contribution in [1.82, 2.24) is 20.0 Å². The van der Waals surface area contributed by atoms with Gasteiger partial charge in [-0.1, -0.05) is 0 Å². The summed E-state index contributed by atoms with van der Waals surface area (Å²) >= 11 is 0. The van der Waals surface area contributed by atoms with Gasteiger partial charge in [-0.25, -0.2) is 4.79 Å². The Hall–Kier alpha value is -1.71. The van der Waals surface area contributed by atoms with Gasteiger partial charge in [0.25, 0.3) is 5.91 Å². The summed E-state index contributed by atoms with van der Waals surface area (Å²) in [6.45, 7) is 4.91. The van der Waals surface area contributed by atoms with E-state index in [1.54, 1.807) is 4.90 Å². The fourth-order valence-corrected chi connectivity index (χ4v) is 3.79. The predicted octanol–water partition coefficient (Wildman–Crippen LogP) is -1.67. The number of morpholine rings is 1. The van der Waals surface area contributed by atoms with Crippen LogP contribution in [0.15, 0.2) is 0 Å². The summed E-state index contributed by atoms with van der Waals surface area (Å²) in [5, 5.41) is 12.0. The van der Waals surface area contributed by atoms with Crippen molar-refractivity contribution in [3.8, 4) is 0 Å². The highest BCUT2D eigenvalue weighted by Gasteiger charge is 2.35. The number of aliphatic hydroxyl groups is 1. The number of aliphatic hydroxyl groups excluding tert-OH is 1. The molecule has 0 spiro atoms. The Morgan fingerprint density at radius 3 is 2.56 bits per heavy atom. The summed E-state index contributed by atoms with van der Waals surface area (Å²) in [6, 6.07) is -0.515. The number of ether oxygens (including phenoxy) is 1. The first kappa shape index (κ1) is 18.1. The fraction of sp³-hybridized carbons (Fsp3) is 0.812. The zero-order valence-electron chi connectivity index (χ0n) is 14.4. The molecule has 0 saturated carbocycles. The highest BCUT2D eigenvalue weighted by atomic mass is 16.5. The smallest absolute Gasteiger partial charge is 0.325 e. The van der Waals surface area contributed by atoms with Crippen LogP contribution in [-0.4, -0.2) is 103 Å². The van der Waals surface area contributed by atoms with Crippen LogP contribution in [0.25, 0.3) is 0 Å². The monoisotopic (exact) mass is 354 g/mol. The minimum absolute atomic E-state index is 0.0341. The first-order valence-electron chi connectivity index (χ1n) is 8.83. The van der Waals surface area contributed by atoms with Crippen molar-refractivity contribution in [1.29, 1.82) is 0 Å². The number of hydrogen-bond acceptors (Lipinski definition) is 6. The van der Waals surface area contributed by atoms with E-state index in [-0.39, 0.29) is 43.3 Å². The minimum atomic E-state index is -0.515. The predicted molar refractivity (Wildman–Crippen MR) is 87.6 cm³/mol. The number of nitrogens with zero attached hydrogens (tertiary/aromatic N) is 3. The van der Waals surface area contributed by atoms with Crippen molar-refractivity contribution < 1.29 is 24.2 Å². The summed E-state index contributed by atoms with van der Waals surface area (Å²) in [4.78, 5) is 40.8. The maximum absolute atomic E-state index is 12.6. The molecule has 0 bridgehead atoms. The van der Waals surface area contributed by atoms with Crippen molar-refractivity contribution in [2.24, 2.45) is 11.8 Å². The van der Waals surface area contributed by atoms with E-state index in [0.29, 0.717) is 13.1 Å². The van der Waals surface area contributed by atoms with Gasteiger partial charge in [0, 0.05) is 39.3 Å². The van der Waals surface area contributed by atoms with Crippen LogP contribution in [0.5, 0.6) is 0 Å². The van der Waals surface area contributed by atoms with Crippen LogP contribution in [0.1, 0.15) is 6.42 Å². The topological polar surface area (TPSA) is 102 Å². The number of carbonyl (C=O) groups excluding carboxylic acids is 3. The molecule has 9 nitrogen and oxygen atoms in total. The van der Waals surface area contributed by atoms with Crippen LogP contribution in [0.4, 0.5) is 4.79 Å². The van der Waals surface area contributed by atoms with Crippen molar-refractivity contribution in [2.75, 3.05) is 65.6 Å². The second-order valence-corrected chi connectivity index (χ2v) is 7.00. The molecule has 0 unspecified atom stereocenters. The Morgan fingerprint density at radius 2 is 1.92 bits per heavy atom. The van der Waals surface area contributed by atoms with Gasteiger partial charge in [0.2, 0.25) is 5.91 Å². The van der Waals surface area contributed by atoms with E-state index in [9.17, 15) is 19.5 Å². The molecule has 3 rings (SSSR count). The molecule has 9 heteroatoms. The van der Waals surface area contributed by atoms with E-state index in [2.05, 4.69) is 10.2 Å². The lowest BCUT2D eigenvalue weighted by Crippen LogP contribution is -2.52. The molecule has 25 heavy (non-hydrogen) atoms. The molecule has 0 aliphatic carbocycles. The molecule has 0 aromatic rings. The molecule has 2 atom stereocenters. The Morgan fingerprint density at radius 1 is 1.20 bits per heavy atom. The van der Waals surface area contributed by atoms with E-state index in [1.807, 2.05) is 0 Å². The zero-order valence-corrected chi connectivity index (χ0v) is 14.4. The first-order chi connectivity index (χ1) is 12.1. The number of carbonyl (C=O) groups is 3. The van der Waals surface area contributed by atoms with Crippen molar-refractivity contribution in [3.63, 3.8) is 0 Å². The van der Waals surface area contributed by atoms with E-state index < -0.39 is 6.03 Å². The van der Waals surface area contributed by atoms with E-state index in [4.69, 9.17) is 4.74 Å². The number of nitrogens with one attached hydrogen (secondary N) is 1. The lowest BCUT2D eigenvalue weighted by atomic mass is 9.89. The molecular weight excluding hydrogens is 328 g/mol. The van der Waals surface area contributed by atoms with Gasteiger partial charge >= 0.3 is 6.03 Å². The fourth-order valence-electron chi connectivity index (χ4n) is 3.79. The number of imide groups is 1. The summed E-state index contributed by atoms with van der Waals surface area (Å²) in [5.74, 6) is -0.308. The third-order valence-corrected chi connectivity index (χ3v) is 5.09. The third-order valence-electron chi connectivity index (χ3n) is 5.09. The van der Waals surface area contributed by atoms with E-state index in [0.717, 1.165) is 44.2 Å². The van der Waals surface area contributed by atoms with Gasteiger partial charge in [-0.2, -0.15) is 0 Å². The summed E-state index contributed by atoms with van der Waals surface area (Å²) in [7, 11) is 0. The Kier molecular flexibility index (Phi) is 5.87. The molecule has 140 valence electrons. The Balaban J connectivity index is 1.58. The number of rotatable bonds is 5. The normalized spacial score (nSPS) is 28.4. The van der Waals surface area contributed by atoms with Gasteiger partial charge in [0.1, 0.15) is 6.54 Å². The lowest BCUT2D eigenvalue weighted by molar-refractivity contribution is -0.139. The minimum Gasteiger partial charge on any atom is -0.396 e. The highest BCUT2D eigenvalue weighted by molar-refractivity contribution is 6.04. The van der Waals surface area contributed by atoms with Crippen LogP contribution >= 0.6 is 0 Å². The maximum atomic E-state index is 12.6.